The highest BCUT2D eigenvalue weighted by atomic mass is 16.2. The van der Waals surface area contributed by atoms with Crippen molar-refractivity contribution in [2.24, 2.45) is 12.8 Å². The summed E-state index contributed by atoms with van der Waals surface area (Å²) in [6.45, 7) is 2.69. The fourth-order valence-electron chi connectivity index (χ4n) is 3.26. The van der Waals surface area contributed by atoms with Gasteiger partial charge in [-0.2, -0.15) is 5.10 Å². The Kier molecular flexibility index (Phi) is 5.85. The highest BCUT2D eigenvalue weighted by molar-refractivity contribution is 5.96. The van der Waals surface area contributed by atoms with Gasteiger partial charge < -0.3 is 26.2 Å². The number of urea groups is 1. The summed E-state index contributed by atoms with van der Waals surface area (Å²) in [5.41, 5.74) is 6.19. The number of aromatic nitrogens is 4. The summed E-state index contributed by atoms with van der Waals surface area (Å²) in [5, 5.41) is 10.2. The zero-order valence-electron chi connectivity index (χ0n) is 17.1. The standard InChI is InChI=1S/C18H27N9O2/c1-11-5-6-12(23-18(29)25(2)3)10-27(11)14-8-20-15(16(19)28)17(24-14)22-13-7-21-26(4)9-13/h7-9,11-12H,5-6,10H2,1-4H3,(H2,19,28)(H,22,24)(H,23,29)/t11-,12+/m1/s1. The Morgan fingerprint density at radius 2 is 2.03 bits per heavy atom. The van der Waals surface area contributed by atoms with Crippen molar-refractivity contribution in [2.45, 2.75) is 31.8 Å². The third kappa shape index (κ3) is 4.73. The van der Waals surface area contributed by atoms with Gasteiger partial charge in [-0.1, -0.05) is 0 Å². The molecule has 0 radical (unpaired) electrons. The van der Waals surface area contributed by atoms with Crippen molar-refractivity contribution in [1.29, 1.82) is 0 Å². The Bertz CT molecular complexity index is 895. The van der Waals surface area contributed by atoms with Gasteiger partial charge in [0, 0.05) is 46.0 Å². The van der Waals surface area contributed by atoms with Gasteiger partial charge >= 0.3 is 6.03 Å². The molecule has 4 N–H and O–H groups in total. The van der Waals surface area contributed by atoms with Gasteiger partial charge in [0.05, 0.1) is 18.1 Å². The van der Waals surface area contributed by atoms with E-state index in [2.05, 4.69) is 37.5 Å². The molecule has 0 aromatic carbocycles. The Balaban J connectivity index is 1.85. The lowest BCUT2D eigenvalue weighted by molar-refractivity contribution is 0.0996. The van der Waals surface area contributed by atoms with E-state index in [0.717, 1.165) is 12.8 Å². The number of primary amides is 1. The third-order valence-electron chi connectivity index (χ3n) is 4.87. The molecule has 0 aliphatic carbocycles. The molecule has 2 aromatic rings. The molecule has 0 unspecified atom stereocenters. The van der Waals surface area contributed by atoms with E-state index in [-0.39, 0.29) is 29.6 Å². The minimum Gasteiger partial charge on any atom is -0.364 e. The number of hydrogen-bond donors (Lipinski definition) is 3. The Morgan fingerprint density at radius 1 is 1.28 bits per heavy atom. The molecule has 11 nitrogen and oxygen atoms in total. The van der Waals surface area contributed by atoms with Gasteiger partial charge in [-0.15, -0.1) is 0 Å². The molecule has 2 atom stereocenters. The smallest absolute Gasteiger partial charge is 0.317 e. The van der Waals surface area contributed by atoms with E-state index >= 15 is 0 Å². The number of nitrogens with one attached hydrogen (secondary N) is 2. The van der Waals surface area contributed by atoms with Crippen molar-refractivity contribution < 1.29 is 9.59 Å². The maximum atomic E-state index is 12.0. The molecule has 1 aliphatic rings. The molecule has 1 aliphatic heterocycles. The Hall–Kier alpha value is -3.37. The monoisotopic (exact) mass is 401 g/mol. The van der Waals surface area contributed by atoms with Gasteiger partial charge in [0.15, 0.2) is 11.5 Å². The zero-order valence-corrected chi connectivity index (χ0v) is 17.1. The van der Waals surface area contributed by atoms with Crippen molar-refractivity contribution in [3.8, 4) is 0 Å². The van der Waals surface area contributed by atoms with Crippen LogP contribution in [-0.2, 0) is 7.05 Å². The normalized spacial score (nSPS) is 19.0. The predicted octanol–water partition coefficient (Wildman–Crippen LogP) is 0.681. The average molecular weight is 401 g/mol. The summed E-state index contributed by atoms with van der Waals surface area (Å²) in [6, 6.07) is 0.0783. The first-order chi connectivity index (χ1) is 13.7. The van der Waals surface area contributed by atoms with Crippen LogP contribution in [-0.4, -0.2) is 69.3 Å². The first-order valence-electron chi connectivity index (χ1n) is 9.41. The largest absolute Gasteiger partial charge is 0.364 e. The molecule has 156 valence electrons. The fourth-order valence-corrected chi connectivity index (χ4v) is 3.26. The van der Waals surface area contributed by atoms with E-state index in [1.165, 1.54) is 4.90 Å². The molecule has 1 fully saturated rings. The molecular weight excluding hydrogens is 374 g/mol. The molecule has 3 rings (SSSR count). The van der Waals surface area contributed by atoms with Gasteiger partial charge in [-0.05, 0) is 19.8 Å². The number of rotatable bonds is 5. The van der Waals surface area contributed by atoms with E-state index in [0.29, 0.717) is 18.1 Å². The van der Waals surface area contributed by atoms with Crippen LogP contribution in [0.2, 0.25) is 0 Å². The summed E-state index contributed by atoms with van der Waals surface area (Å²) >= 11 is 0. The van der Waals surface area contributed by atoms with Crippen molar-refractivity contribution in [3.63, 3.8) is 0 Å². The molecule has 3 heterocycles. The average Bonchev–Trinajstić information content (AvgIpc) is 3.07. The number of piperidine rings is 1. The summed E-state index contributed by atoms with van der Waals surface area (Å²) in [6.07, 6.45) is 6.69. The molecule has 0 bridgehead atoms. The third-order valence-corrected chi connectivity index (χ3v) is 4.87. The van der Waals surface area contributed by atoms with Crippen LogP contribution < -0.4 is 21.3 Å². The van der Waals surface area contributed by atoms with Gasteiger partial charge in [-0.3, -0.25) is 9.48 Å². The number of amides is 3. The van der Waals surface area contributed by atoms with Crippen LogP contribution in [0.25, 0.3) is 0 Å². The molecule has 1 saturated heterocycles. The number of carbonyl (C=O) groups excluding carboxylic acids is 2. The topological polar surface area (TPSA) is 134 Å². The van der Waals surface area contributed by atoms with E-state index in [1.54, 1.807) is 44.4 Å². The lowest BCUT2D eigenvalue weighted by Gasteiger charge is -2.39. The number of anilines is 3. The molecule has 0 saturated carbocycles. The second kappa shape index (κ2) is 8.33. The van der Waals surface area contributed by atoms with Gasteiger partial charge in [0.1, 0.15) is 5.82 Å². The van der Waals surface area contributed by atoms with Crippen LogP contribution in [0.5, 0.6) is 0 Å². The van der Waals surface area contributed by atoms with E-state index in [4.69, 9.17) is 5.73 Å². The van der Waals surface area contributed by atoms with Gasteiger partial charge in [0.25, 0.3) is 5.91 Å². The summed E-state index contributed by atoms with van der Waals surface area (Å²) < 4.78 is 1.63. The lowest BCUT2D eigenvalue weighted by Crippen LogP contribution is -2.53. The highest BCUT2D eigenvalue weighted by Gasteiger charge is 2.29. The van der Waals surface area contributed by atoms with Crippen LogP contribution in [0.3, 0.4) is 0 Å². The van der Waals surface area contributed by atoms with Crippen LogP contribution in [0.4, 0.5) is 22.1 Å². The second-order valence-electron chi connectivity index (χ2n) is 7.44. The van der Waals surface area contributed by atoms with E-state index in [1.807, 2.05) is 0 Å². The van der Waals surface area contributed by atoms with Crippen molar-refractivity contribution in [3.05, 3.63) is 24.3 Å². The Morgan fingerprint density at radius 3 is 2.66 bits per heavy atom. The minimum atomic E-state index is -0.668. The summed E-state index contributed by atoms with van der Waals surface area (Å²) in [7, 11) is 5.21. The SMILES string of the molecule is C[C@@H]1CC[C@H](NC(=O)N(C)C)CN1c1cnc(C(N)=O)c(Nc2cnn(C)c2)n1. The molecule has 29 heavy (non-hydrogen) atoms. The second-order valence-corrected chi connectivity index (χ2v) is 7.44. The van der Waals surface area contributed by atoms with Crippen molar-refractivity contribution in [2.75, 3.05) is 30.9 Å². The number of aryl methyl sites for hydroxylation is 1. The lowest BCUT2D eigenvalue weighted by atomic mass is 9.99. The van der Waals surface area contributed by atoms with Crippen molar-refractivity contribution in [1.82, 2.24) is 30.0 Å². The maximum absolute atomic E-state index is 12.0. The number of nitrogens with zero attached hydrogens (tertiary/aromatic N) is 6. The minimum absolute atomic E-state index is 0.00607. The predicted molar refractivity (Wildman–Crippen MR) is 109 cm³/mol. The molecule has 11 heteroatoms. The van der Waals surface area contributed by atoms with Crippen LogP contribution >= 0.6 is 0 Å². The highest BCUT2D eigenvalue weighted by Crippen LogP contribution is 2.26. The van der Waals surface area contributed by atoms with E-state index < -0.39 is 5.91 Å². The molecule has 0 spiro atoms. The number of hydrogen-bond acceptors (Lipinski definition) is 7. The fraction of sp³-hybridized carbons (Fsp3) is 0.500. The quantitative estimate of drug-likeness (QED) is 0.671. The molecular formula is C18H27N9O2. The van der Waals surface area contributed by atoms with E-state index in [9.17, 15) is 9.59 Å². The summed E-state index contributed by atoms with van der Waals surface area (Å²) in [4.78, 5) is 36.3. The number of nitrogens with two attached hydrogens (primary N) is 1. The number of carbonyl (C=O) groups is 2. The molecule has 3 amide bonds. The van der Waals surface area contributed by atoms with Gasteiger partial charge in [0.2, 0.25) is 0 Å². The van der Waals surface area contributed by atoms with Gasteiger partial charge in [-0.25, -0.2) is 14.8 Å². The van der Waals surface area contributed by atoms with Crippen molar-refractivity contribution >= 4 is 29.3 Å². The first-order valence-corrected chi connectivity index (χ1v) is 9.41. The zero-order chi connectivity index (χ0) is 21.1. The van der Waals surface area contributed by atoms with Crippen LogP contribution in [0.1, 0.15) is 30.3 Å². The van der Waals surface area contributed by atoms with Crippen LogP contribution in [0.15, 0.2) is 18.6 Å². The molecule has 2 aromatic heterocycles. The first kappa shape index (κ1) is 20.4. The maximum Gasteiger partial charge on any atom is 0.317 e. The van der Waals surface area contributed by atoms with Crippen LogP contribution in [0, 0.1) is 0 Å². The summed E-state index contributed by atoms with van der Waals surface area (Å²) in [5.74, 6) is 0.214. The Labute approximate surface area is 169 Å².